The number of rotatable bonds is 6. The SMILES string of the molecule is CC(C)(C)c1cc2ccc3c(-c4ccc5oc6ccccc6c5c4)cc(-c4ccc5oc6ccccc6c5c4)c4ccc(c1)c2c34.CC(C)(C)c1cc2ccc3ccc(-c4ccc(-c5cccc6c5oc5ccccc56)cc4)c4ccc(c1)c2c34.Cc1cc(-c2ccc(-c3cccc4c3oc3ccccc34)cc2)c2ccc3cc(C(C)(C)C)cc4ccc1c2c43. The van der Waals surface area contributed by atoms with Crippen LogP contribution in [0.5, 0.6) is 0 Å². The molecule has 0 saturated carbocycles. The van der Waals surface area contributed by atoms with E-state index in [1.54, 1.807) is 0 Å². The van der Waals surface area contributed by atoms with Crippen molar-refractivity contribution in [2.45, 2.75) is 85.5 Å². The molecule has 0 aliphatic heterocycles. The molecule has 0 aliphatic rings. The van der Waals surface area contributed by atoms with Gasteiger partial charge in [-0.15, -0.1) is 0 Å². The predicted molar refractivity (Wildman–Crippen MR) is 533 cm³/mol. The van der Waals surface area contributed by atoms with Crippen molar-refractivity contribution in [2.24, 2.45) is 0 Å². The molecule has 4 heteroatoms. The van der Waals surface area contributed by atoms with Gasteiger partial charge in [-0.3, -0.25) is 0 Å². The molecule has 0 saturated heterocycles. The van der Waals surface area contributed by atoms with Gasteiger partial charge >= 0.3 is 0 Å². The van der Waals surface area contributed by atoms with Crippen molar-refractivity contribution in [1.29, 1.82) is 0 Å². The van der Waals surface area contributed by atoms with Gasteiger partial charge in [0, 0.05) is 54.2 Å². The molecular formula is C121H88O4. The zero-order chi connectivity index (χ0) is 84.2. The Balaban J connectivity index is 0.000000106. The Kier molecular flexibility index (Phi) is 16.3. The second kappa shape index (κ2) is 27.6. The maximum atomic E-state index is 6.32. The number of hydrogen-bond acceptors (Lipinski definition) is 4. The summed E-state index contributed by atoms with van der Waals surface area (Å²) < 4.78 is 25.1. The van der Waals surface area contributed by atoms with Crippen LogP contribution in [0.15, 0.2) is 370 Å². The highest BCUT2D eigenvalue weighted by Gasteiger charge is 2.26. The second-order valence-corrected chi connectivity index (χ2v) is 37.8. The average molecular weight is 1610 g/mol. The molecule has 596 valence electrons. The standard InChI is InChI=1S/C44H30O2.C39H30O.C38H28O/c1-44(2,3)29-20-27-12-16-32-34(25-14-18-40-36(22-25)30-8-4-6-10-38(30)45-40)24-35(33-17-13-28(21-29)42(27)43(32)33)26-15-19-41-37(23-26)31-9-5-7-11-39(31)46-41;1-23-20-34(32-19-17-27-22-28(39(2,3)4)21-26-16-18-29(23)37(32)36(26)27)25-14-12-24(13-15-25)30-9-7-10-33-31-8-5-6-11-35(31)40-38(30)33;1-38(2,3)28-21-26-16-15-25-17-19-29(32-20-18-27(22-28)35(26)36(25)32)23-11-13-24(14-12-23)30-8-6-9-33-31-7-4-5-10-34(31)39-37(30)33/h4-24H,1-3H3;5-22H,1-4H3;4-22H,1-3H3. The molecule has 22 aromatic carbocycles. The minimum atomic E-state index is 0.0618. The van der Waals surface area contributed by atoms with Crippen LogP contribution >= 0.6 is 0 Å². The predicted octanol–water partition coefficient (Wildman–Crippen LogP) is 35.6. The minimum Gasteiger partial charge on any atom is -0.456 e. The fourth-order valence-corrected chi connectivity index (χ4v) is 20.5. The van der Waals surface area contributed by atoms with Gasteiger partial charge in [-0.25, -0.2) is 0 Å². The Bertz CT molecular complexity index is 8680. The van der Waals surface area contributed by atoms with Crippen LogP contribution in [0.2, 0.25) is 0 Å². The van der Waals surface area contributed by atoms with E-state index in [1.807, 2.05) is 48.5 Å². The summed E-state index contributed by atoms with van der Waals surface area (Å²) in [6.45, 7) is 22.9. The number of benzene rings is 22. The van der Waals surface area contributed by atoms with Crippen LogP contribution in [0.25, 0.3) is 251 Å². The van der Waals surface area contributed by atoms with Gasteiger partial charge in [0.2, 0.25) is 0 Å². The van der Waals surface area contributed by atoms with Crippen LogP contribution in [-0.2, 0) is 16.2 Å². The van der Waals surface area contributed by atoms with Gasteiger partial charge in [0.1, 0.15) is 44.7 Å². The van der Waals surface area contributed by atoms with E-state index in [1.165, 1.54) is 164 Å². The molecular weight excluding hydrogens is 1520 g/mol. The van der Waals surface area contributed by atoms with Crippen molar-refractivity contribution in [1.82, 2.24) is 0 Å². The molecule has 0 unspecified atom stereocenters. The number of furan rings is 4. The maximum Gasteiger partial charge on any atom is 0.143 e. The summed E-state index contributed by atoms with van der Waals surface area (Å²) in [6.07, 6.45) is 0. The number of aryl methyl sites for hydroxylation is 1. The molecule has 26 aromatic rings. The van der Waals surface area contributed by atoms with E-state index in [0.29, 0.717) is 0 Å². The molecule has 0 amide bonds. The van der Waals surface area contributed by atoms with E-state index in [0.717, 1.165) is 110 Å². The molecule has 4 aromatic heterocycles. The minimum absolute atomic E-state index is 0.0618. The zero-order valence-corrected chi connectivity index (χ0v) is 71.6. The maximum absolute atomic E-state index is 6.32. The molecule has 0 bridgehead atoms. The number of hydrogen-bond donors (Lipinski definition) is 0. The van der Waals surface area contributed by atoms with E-state index in [4.69, 9.17) is 17.7 Å². The Morgan fingerprint density at radius 2 is 0.456 bits per heavy atom. The van der Waals surface area contributed by atoms with E-state index < -0.39 is 0 Å². The lowest BCUT2D eigenvalue weighted by Crippen LogP contribution is -2.10. The fraction of sp³-hybridized carbons (Fsp3) is 0.107. The van der Waals surface area contributed by atoms with Crippen LogP contribution in [-0.4, -0.2) is 0 Å². The van der Waals surface area contributed by atoms with Crippen LogP contribution in [0, 0.1) is 6.92 Å². The monoisotopic (exact) mass is 1600 g/mol. The molecule has 125 heavy (non-hydrogen) atoms. The van der Waals surface area contributed by atoms with Crippen molar-refractivity contribution in [2.75, 3.05) is 0 Å². The number of para-hydroxylation sites is 6. The molecule has 4 heterocycles. The quantitative estimate of drug-likeness (QED) is 0.156. The van der Waals surface area contributed by atoms with Gasteiger partial charge in [0.05, 0.1) is 0 Å². The van der Waals surface area contributed by atoms with E-state index in [9.17, 15) is 0 Å². The van der Waals surface area contributed by atoms with Gasteiger partial charge in [-0.1, -0.05) is 360 Å². The van der Waals surface area contributed by atoms with Gasteiger partial charge in [0.25, 0.3) is 0 Å². The molecule has 0 atom stereocenters. The topological polar surface area (TPSA) is 52.6 Å². The third kappa shape index (κ3) is 11.9. The van der Waals surface area contributed by atoms with Crippen molar-refractivity contribution < 1.29 is 17.7 Å². The van der Waals surface area contributed by atoms with E-state index >= 15 is 0 Å². The summed E-state index contributed by atoms with van der Waals surface area (Å²) in [5, 5.41) is 33.0. The van der Waals surface area contributed by atoms with Crippen molar-refractivity contribution in [3.8, 4) is 66.8 Å². The second-order valence-electron chi connectivity index (χ2n) is 37.8. The lowest BCUT2D eigenvalue weighted by molar-refractivity contribution is 0.591. The molecule has 4 nitrogen and oxygen atoms in total. The van der Waals surface area contributed by atoms with Gasteiger partial charge in [-0.2, -0.15) is 0 Å². The smallest absolute Gasteiger partial charge is 0.143 e. The van der Waals surface area contributed by atoms with Crippen molar-refractivity contribution >= 4 is 185 Å². The van der Waals surface area contributed by atoms with Crippen LogP contribution in [0.4, 0.5) is 0 Å². The van der Waals surface area contributed by atoms with E-state index in [-0.39, 0.29) is 16.2 Å². The molecule has 0 spiro atoms. The zero-order valence-electron chi connectivity index (χ0n) is 71.6. The summed E-state index contributed by atoms with van der Waals surface area (Å²) in [6, 6.07) is 129. The Morgan fingerprint density at radius 3 is 0.864 bits per heavy atom. The summed E-state index contributed by atoms with van der Waals surface area (Å²) >= 11 is 0. The highest BCUT2D eigenvalue weighted by molar-refractivity contribution is 6.31. The van der Waals surface area contributed by atoms with E-state index in [2.05, 4.69) is 373 Å². The van der Waals surface area contributed by atoms with Crippen LogP contribution in [0.1, 0.15) is 84.6 Å². The highest BCUT2D eigenvalue weighted by atomic mass is 16.3. The first-order valence-corrected chi connectivity index (χ1v) is 43.8. The van der Waals surface area contributed by atoms with Crippen LogP contribution < -0.4 is 0 Å². The fourth-order valence-electron chi connectivity index (χ4n) is 20.5. The molecule has 0 fully saturated rings. The van der Waals surface area contributed by atoms with Gasteiger partial charge < -0.3 is 17.7 Å². The Hall–Kier alpha value is -14.8. The lowest BCUT2D eigenvalue weighted by atomic mass is 9.81. The Labute approximate surface area is 723 Å². The Morgan fingerprint density at radius 1 is 0.168 bits per heavy atom. The molecule has 26 rings (SSSR count). The third-order valence-electron chi connectivity index (χ3n) is 27.0. The number of fused-ring (bicyclic) bond motifs is 12. The largest absolute Gasteiger partial charge is 0.456 e. The molecule has 0 radical (unpaired) electrons. The first kappa shape index (κ1) is 74.0. The van der Waals surface area contributed by atoms with Crippen molar-refractivity contribution in [3.05, 3.63) is 374 Å². The molecule has 0 N–H and O–H groups in total. The van der Waals surface area contributed by atoms with Gasteiger partial charge in [-0.05, 0) is 253 Å². The van der Waals surface area contributed by atoms with Crippen LogP contribution in [0.3, 0.4) is 0 Å². The summed E-state index contributed by atoms with van der Waals surface area (Å²) in [4.78, 5) is 0. The third-order valence-corrected chi connectivity index (χ3v) is 27.0. The van der Waals surface area contributed by atoms with Crippen molar-refractivity contribution in [3.63, 3.8) is 0 Å². The first-order valence-electron chi connectivity index (χ1n) is 43.8. The normalized spacial score (nSPS) is 12.6. The van der Waals surface area contributed by atoms with Gasteiger partial charge in [0.15, 0.2) is 0 Å². The first-order chi connectivity index (χ1) is 60.7. The summed E-state index contributed by atoms with van der Waals surface area (Å²) in [7, 11) is 0. The summed E-state index contributed by atoms with van der Waals surface area (Å²) in [5.74, 6) is 0. The average Bonchev–Trinajstić information content (AvgIpc) is 1.55. The lowest BCUT2D eigenvalue weighted by Gasteiger charge is -2.23. The summed E-state index contributed by atoms with van der Waals surface area (Å²) in [5.41, 5.74) is 27.5. The molecule has 0 aliphatic carbocycles. The highest BCUT2D eigenvalue weighted by Crippen LogP contribution is 2.51.